The highest BCUT2D eigenvalue weighted by atomic mass is 32.1. The van der Waals surface area contributed by atoms with Crippen molar-refractivity contribution in [3.8, 4) is 0 Å². The zero-order valence-electron chi connectivity index (χ0n) is 16.4. The van der Waals surface area contributed by atoms with Gasteiger partial charge in [-0.3, -0.25) is 14.7 Å². The number of rotatable bonds is 6. The normalized spacial score (nSPS) is 18.1. The molecule has 4 nitrogen and oxygen atoms in total. The van der Waals surface area contributed by atoms with Gasteiger partial charge in [0.25, 0.3) is 5.91 Å². The van der Waals surface area contributed by atoms with E-state index in [2.05, 4.69) is 15.2 Å². The summed E-state index contributed by atoms with van der Waals surface area (Å²) in [5, 5.41) is 5.06. The summed E-state index contributed by atoms with van der Waals surface area (Å²) in [6.07, 6.45) is 3.66. The molecule has 1 aliphatic rings. The van der Waals surface area contributed by atoms with Crippen LogP contribution < -0.4 is 5.32 Å². The van der Waals surface area contributed by atoms with E-state index in [9.17, 15) is 13.6 Å². The first-order valence-corrected chi connectivity index (χ1v) is 10.9. The van der Waals surface area contributed by atoms with Crippen LogP contribution in [0.2, 0.25) is 0 Å². The van der Waals surface area contributed by atoms with Crippen molar-refractivity contribution >= 4 is 17.2 Å². The number of likely N-dealkylation sites (tertiary alicyclic amines) is 1. The zero-order valence-corrected chi connectivity index (χ0v) is 17.2. The molecule has 0 aliphatic carbocycles. The summed E-state index contributed by atoms with van der Waals surface area (Å²) >= 11 is 1.41. The Kier molecular flexibility index (Phi) is 6.50. The summed E-state index contributed by atoms with van der Waals surface area (Å²) in [5.74, 6) is -1.58. The maximum Gasteiger partial charge on any atom is 0.261 e. The Morgan fingerprint density at radius 3 is 2.83 bits per heavy atom. The van der Waals surface area contributed by atoms with Gasteiger partial charge in [-0.15, -0.1) is 11.3 Å². The van der Waals surface area contributed by atoms with Gasteiger partial charge in [0.2, 0.25) is 0 Å². The second-order valence-electron chi connectivity index (χ2n) is 7.57. The van der Waals surface area contributed by atoms with Crippen LogP contribution in [0.15, 0.2) is 60.1 Å². The zero-order chi connectivity index (χ0) is 20.9. The van der Waals surface area contributed by atoms with Gasteiger partial charge in [0.1, 0.15) is 0 Å². The van der Waals surface area contributed by atoms with Crippen LogP contribution in [0.25, 0.3) is 0 Å². The number of halogens is 2. The number of amides is 1. The van der Waals surface area contributed by atoms with Crippen LogP contribution in [0.4, 0.5) is 8.78 Å². The molecule has 4 rings (SSSR count). The van der Waals surface area contributed by atoms with Gasteiger partial charge in [0.15, 0.2) is 11.6 Å². The summed E-state index contributed by atoms with van der Waals surface area (Å²) < 4.78 is 26.8. The average molecular weight is 428 g/mol. The van der Waals surface area contributed by atoms with Crippen molar-refractivity contribution in [1.29, 1.82) is 0 Å². The molecule has 1 N–H and O–H groups in total. The van der Waals surface area contributed by atoms with E-state index in [1.807, 2.05) is 35.7 Å². The molecule has 0 unspecified atom stereocenters. The van der Waals surface area contributed by atoms with Crippen molar-refractivity contribution in [2.24, 2.45) is 5.92 Å². The Morgan fingerprint density at radius 1 is 1.20 bits per heavy atom. The fourth-order valence-corrected chi connectivity index (χ4v) is 4.64. The van der Waals surface area contributed by atoms with Crippen LogP contribution in [-0.2, 0) is 6.54 Å². The van der Waals surface area contributed by atoms with Gasteiger partial charge in [-0.2, -0.15) is 0 Å². The summed E-state index contributed by atoms with van der Waals surface area (Å²) in [6.45, 7) is 2.16. The highest BCUT2D eigenvalue weighted by Crippen LogP contribution is 2.30. The van der Waals surface area contributed by atoms with Gasteiger partial charge < -0.3 is 5.32 Å². The molecule has 7 heteroatoms. The van der Waals surface area contributed by atoms with Gasteiger partial charge in [-0.25, -0.2) is 8.78 Å². The van der Waals surface area contributed by atoms with Crippen molar-refractivity contribution in [3.63, 3.8) is 0 Å². The number of nitrogens with one attached hydrogen (secondary N) is 1. The lowest BCUT2D eigenvalue weighted by Crippen LogP contribution is -2.43. The minimum atomic E-state index is -0.832. The first-order chi connectivity index (χ1) is 14.6. The number of thiophene rings is 1. The van der Waals surface area contributed by atoms with E-state index >= 15 is 0 Å². The molecule has 1 aromatic carbocycles. The first-order valence-electron chi connectivity index (χ1n) is 10.0. The first kappa shape index (κ1) is 20.6. The van der Waals surface area contributed by atoms with E-state index in [4.69, 9.17) is 0 Å². The number of nitrogens with zero attached hydrogens (tertiary/aromatic N) is 2. The van der Waals surface area contributed by atoms with Crippen LogP contribution in [0.5, 0.6) is 0 Å². The maximum atomic E-state index is 13.6. The largest absolute Gasteiger partial charge is 0.343 e. The van der Waals surface area contributed by atoms with Crippen molar-refractivity contribution in [2.75, 3.05) is 13.1 Å². The van der Waals surface area contributed by atoms with Crippen molar-refractivity contribution in [2.45, 2.75) is 25.4 Å². The van der Waals surface area contributed by atoms with Crippen molar-refractivity contribution in [1.82, 2.24) is 15.2 Å². The van der Waals surface area contributed by atoms with Gasteiger partial charge in [0.05, 0.1) is 16.6 Å². The Labute approximate surface area is 178 Å². The molecule has 30 heavy (non-hydrogen) atoms. The second-order valence-corrected chi connectivity index (χ2v) is 8.52. The van der Waals surface area contributed by atoms with Gasteiger partial charge in [-0.05, 0) is 66.6 Å². The van der Waals surface area contributed by atoms with E-state index in [1.165, 1.54) is 23.5 Å². The molecule has 1 amide bonds. The van der Waals surface area contributed by atoms with Crippen molar-refractivity contribution < 1.29 is 13.6 Å². The number of aromatic nitrogens is 1. The molecule has 2 aromatic heterocycles. The summed E-state index contributed by atoms with van der Waals surface area (Å²) in [4.78, 5) is 20.2. The Balaban J connectivity index is 1.51. The fourth-order valence-electron chi connectivity index (χ4n) is 4.02. The highest BCUT2D eigenvalue weighted by Gasteiger charge is 2.31. The maximum absolute atomic E-state index is 13.6. The average Bonchev–Trinajstić information content (AvgIpc) is 3.30. The minimum Gasteiger partial charge on any atom is -0.343 e. The van der Waals surface area contributed by atoms with Crippen LogP contribution >= 0.6 is 11.3 Å². The smallest absolute Gasteiger partial charge is 0.261 e. The number of hydrogen-bond donors (Lipinski definition) is 1. The third-order valence-electron chi connectivity index (χ3n) is 5.44. The number of hydrogen-bond acceptors (Lipinski definition) is 4. The van der Waals surface area contributed by atoms with E-state index in [0.29, 0.717) is 11.4 Å². The van der Waals surface area contributed by atoms with Crippen LogP contribution in [0, 0.1) is 17.6 Å². The lowest BCUT2D eigenvalue weighted by atomic mass is 9.88. The third-order valence-corrected chi connectivity index (χ3v) is 6.31. The van der Waals surface area contributed by atoms with Gasteiger partial charge >= 0.3 is 0 Å². The van der Waals surface area contributed by atoms with Crippen LogP contribution in [-0.4, -0.2) is 28.9 Å². The number of carbonyl (C=O) groups is 1. The molecular formula is C23H23F2N3OS. The molecule has 156 valence electrons. The Bertz CT molecular complexity index is 981. The summed E-state index contributed by atoms with van der Waals surface area (Å²) in [5.41, 5.74) is 1.58. The second kappa shape index (κ2) is 9.45. The fraction of sp³-hybridized carbons (Fsp3) is 0.304. The predicted molar refractivity (Wildman–Crippen MR) is 113 cm³/mol. The molecular weight excluding hydrogens is 404 g/mol. The molecule has 0 bridgehead atoms. The van der Waals surface area contributed by atoms with Crippen molar-refractivity contribution in [3.05, 3.63) is 87.9 Å². The number of piperidine rings is 1. The Hall–Kier alpha value is -2.64. The monoisotopic (exact) mass is 427 g/mol. The van der Waals surface area contributed by atoms with E-state index in [0.717, 1.165) is 37.2 Å². The molecule has 0 spiro atoms. The lowest BCUT2D eigenvalue weighted by Gasteiger charge is -2.37. The Morgan fingerprint density at radius 2 is 2.10 bits per heavy atom. The highest BCUT2D eigenvalue weighted by molar-refractivity contribution is 7.12. The van der Waals surface area contributed by atoms with Crippen LogP contribution in [0.3, 0.4) is 0 Å². The van der Waals surface area contributed by atoms with Gasteiger partial charge in [0, 0.05) is 19.3 Å². The number of carbonyl (C=O) groups excluding carboxylic acids is 1. The number of pyridine rings is 1. The molecule has 3 aromatic rings. The van der Waals surface area contributed by atoms with Crippen LogP contribution in [0.1, 0.15) is 39.8 Å². The summed E-state index contributed by atoms with van der Waals surface area (Å²) in [6, 6.07) is 13.2. The molecule has 2 atom stereocenters. The topological polar surface area (TPSA) is 45.2 Å². The molecule has 0 saturated carbocycles. The van der Waals surface area contributed by atoms with E-state index in [1.54, 1.807) is 12.3 Å². The predicted octanol–water partition coefficient (Wildman–Crippen LogP) is 4.80. The standard InChI is InChI=1S/C23H23F2N3OS/c24-18-9-8-16(13-19(18)25)14-28-11-3-5-17(15-28)22(20-6-1-2-10-26-20)27-23(29)21-7-4-12-30-21/h1-2,4,6-10,12-13,17,22H,3,5,11,14-15H2,(H,27,29)/t17-,22-/m0/s1. The van der Waals surface area contributed by atoms with E-state index in [-0.39, 0.29) is 17.9 Å². The summed E-state index contributed by atoms with van der Waals surface area (Å²) in [7, 11) is 0. The lowest BCUT2D eigenvalue weighted by molar-refractivity contribution is 0.0879. The van der Waals surface area contributed by atoms with Gasteiger partial charge in [-0.1, -0.05) is 18.2 Å². The molecule has 3 heterocycles. The molecule has 0 radical (unpaired) electrons. The molecule has 1 aliphatic heterocycles. The number of benzene rings is 1. The molecule has 1 fully saturated rings. The molecule has 1 saturated heterocycles. The minimum absolute atomic E-state index is 0.0987. The van der Waals surface area contributed by atoms with E-state index < -0.39 is 11.6 Å². The third kappa shape index (κ3) is 4.91. The SMILES string of the molecule is O=C(N[C@H](c1ccccn1)[C@H]1CCCN(Cc2ccc(F)c(F)c2)C1)c1cccs1. The quantitative estimate of drug-likeness (QED) is 0.614.